The molecule has 0 radical (unpaired) electrons. The Balaban J connectivity index is 2.37. The molecule has 1 aliphatic rings. The Labute approximate surface area is 99.4 Å². The van der Waals surface area contributed by atoms with Crippen LogP contribution in [0.25, 0.3) is 0 Å². The van der Waals surface area contributed by atoms with Crippen molar-refractivity contribution in [3.8, 4) is 6.07 Å². The van der Waals surface area contributed by atoms with Crippen LogP contribution in [0.3, 0.4) is 0 Å². The maximum absolute atomic E-state index is 10.7. The van der Waals surface area contributed by atoms with Crippen molar-refractivity contribution in [1.82, 2.24) is 0 Å². The molecular weight excluding hydrogens is 218 g/mol. The van der Waals surface area contributed by atoms with E-state index in [4.69, 9.17) is 5.26 Å². The Hall–Kier alpha value is -2.09. The summed E-state index contributed by atoms with van der Waals surface area (Å²) in [7, 11) is 0. The van der Waals surface area contributed by atoms with Crippen LogP contribution in [-0.2, 0) is 0 Å². The third-order valence-electron chi connectivity index (χ3n) is 2.96. The van der Waals surface area contributed by atoms with Crippen molar-refractivity contribution < 1.29 is 4.92 Å². The molecule has 5 heteroatoms. The summed E-state index contributed by atoms with van der Waals surface area (Å²) in [6, 6.07) is 7.17. The molecule has 0 N–H and O–H groups in total. The molecule has 1 saturated carbocycles. The van der Waals surface area contributed by atoms with Crippen molar-refractivity contribution in [3.63, 3.8) is 0 Å². The lowest BCUT2D eigenvalue weighted by molar-refractivity contribution is -0.385. The van der Waals surface area contributed by atoms with Crippen molar-refractivity contribution in [2.45, 2.75) is 25.8 Å². The molecule has 0 amide bonds. The predicted molar refractivity (Wildman–Crippen MR) is 63.9 cm³/mol. The van der Waals surface area contributed by atoms with Gasteiger partial charge in [-0.3, -0.25) is 10.1 Å². The van der Waals surface area contributed by atoms with Crippen LogP contribution in [0.1, 0.15) is 25.3 Å². The van der Waals surface area contributed by atoms with Gasteiger partial charge in [-0.15, -0.1) is 0 Å². The summed E-state index contributed by atoms with van der Waals surface area (Å²) in [6.07, 6.45) is 2.32. The average molecular weight is 231 g/mol. The lowest BCUT2D eigenvalue weighted by Gasteiger charge is -2.22. The summed E-state index contributed by atoms with van der Waals surface area (Å²) in [5, 5.41) is 19.6. The van der Waals surface area contributed by atoms with Crippen LogP contribution in [0, 0.1) is 21.4 Å². The Morgan fingerprint density at radius 2 is 2.29 bits per heavy atom. The highest BCUT2D eigenvalue weighted by atomic mass is 16.6. The van der Waals surface area contributed by atoms with Gasteiger partial charge in [0.05, 0.1) is 4.92 Å². The molecule has 0 aliphatic heterocycles. The second-order valence-electron chi connectivity index (χ2n) is 4.09. The lowest BCUT2D eigenvalue weighted by Crippen LogP contribution is -2.24. The first-order chi connectivity index (χ1) is 8.17. The molecular formula is C12H13N3O2. The van der Waals surface area contributed by atoms with E-state index in [9.17, 15) is 10.1 Å². The molecule has 1 aliphatic carbocycles. The Morgan fingerprint density at radius 1 is 1.59 bits per heavy atom. The Bertz CT molecular complexity index is 489. The van der Waals surface area contributed by atoms with Crippen molar-refractivity contribution in [2.75, 3.05) is 11.4 Å². The van der Waals surface area contributed by atoms with Crippen molar-refractivity contribution in [2.24, 2.45) is 0 Å². The van der Waals surface area contributed by atoms with Gasteiger partial charge in [0.2, 0.25) is 0 Å². The number of rotatable bonds is 4. The largest absolute Gasteiger partial charge is 0.369 e. The summed E-state index contributed by atoms with van der Waals surface area (Å²) in [5.41, 5.74) is 0.909. The van der Waals surface area contributed by atoms with E-state index < -0.39 is 4.92 Å². The van der Waals surface area contributed by atoms with Crippen molar-refractivity contribution in [1.29, 1.82) is 5.26 Å². The van der Waals surface area contributed by atoms with Gasteiger partial charge in [0.15, 0.2) is 0 Å². The number of nitrogens with zero attached hydrogens (tertiary/aromatic N) is 3. The predicted octanol–water partition coefficient (Wildman–Crippen LogP) is 2.46. The molecule has 0 spiro atoms. The van der Waals surface area contributed by atoms with E-state index in [1.54, 1.807) is 12.1 Å². The fraction of sp³-hybridized carbons (Fsp3) is 0.417. The zero-order chi connectivity index (χ0) is 12.4. The van der Waals surface area contributed by atoms with Crippen LogP contribution in [0.5, 0.6) is 0 Å². The standard InChI is InChI=1S/C12H13N3O2/c1-2-14(10-3-4-10)11-5-6-12(15(16)17)9(7-11)8-13/h5-7,10H,2-4H2,1H3. The highest BCUT2D eigenvalue weighted by Crippen LogP contribution is 2.33. The number of nitriles is 1. The number of nitro benzene ring substituents is 1. The van der Waals surface area contributed by atoms with Gasteiger partial charge in [0.25, 0.3) is 5.69 Å². The Kier molecular flexibility index (Phi) is 2.96. The third-order valence-corrected chi connectivity index (χ3v) is 2.96. The monoisotopic (exact) mass is 231 g/mol. The maximum Gasteiger partial charge on any atom is 0.287 e. The molecule has 0 bridgehead atoms. The normalized spacial score (nSPS) is 14.1. The molecule has 0 atom stereocenters. The Morgan fingerprint density at radius 3 is 2.76 bits per heavy atom. The first kappa shape index (κ1) is 11.4. The molecule has 1 fully saturated rings. The minimum absolute atomic E-state index is 0.122. The second kappa shape index (κ2) is 4.42. The zero-order valence-corrected chi connectivity index (χ0v) is 9.59. The van der Waals surface area contributed by atoms with E-state index >= 15 is 0 Å². The van der Waals surface area contributed by atoms with Crippen LogP contribution < -0.4 is 4.90 Å². The summed E-state index contributed by atoms with van der Waals surface area (Å²) >= 11 is 0. The minimum atomic E-state index is -0.518. The van der Waals surface area contributed by atoms with Crippen LogP contribution in [-0.4, -0.2) is 17.5 Å². The highest BCUT2D eigenvalue weighted by Gasteiger charge is 2.29. The van der Waals surface area contributed by atoms with Crippen molar-refractivity contribution >= 4 is 11.4 Å². The fourth-order valence-electron chi connectivity index (χ4n) is 1.99. The van der Waals surface area contributed by atoms with Gasteiger partial charge in [0.1, 0.15) is 11.6 Å². The van der Waals surface area contributed by atoms with E-state index in [0.29, 0.717) is 6.04 Å². The van der Waals surface area contributed by atoms with E-state index in [0.717, 1.165) is 25.1 Å². The minimum Gasteiger partial charge on any atom is -0.369 e. The number of nitro groups is 1. The van der Waals surface area contributed by atoms with Gasteiger partial charge in [0, 0.05) is 24.3 Å². The zero-order valence-electron chi connectivity index (χ0n) is 9.59. The highest BCUT2D eigenvalue weighted by molar-refractivity contribution is 5.60. The average Bonchev–Trinajstić information content (AvgIpc) is 3.14. The number of hydrogen-bond donors (Lipinski definition) is 0. The fourth-order valence-corrected chi connectivity index (χ4v) is 1.99. The van der Waals surface area contributed by atoms with E-state index in [2.05, 4.69) is 4.90 Å². The number of benzene rings is 1. The molecule has 0 saturated heterocycles. The molecule has 17 heavy (non-hydrogen) atoms. The topological polar surface area (TPSA) is 70.2 Å². The molecule has 0 aromatic heterocycles. The second-order valence-corrected chi connectivity index (χ2v) is 4.09. The smallest absolute Gasteiger partial charge is 0.287 e. The number of hydrogen-bond acceptors (Lipinski definition) is 4. The van der Waals surface area contributed by atoms with Gasteiger partial charge >= 0.3 is 0 Å². The molecule has 0 unspecified atom stereocenters. The SMILES string of the molecule is CCN(c1ccc([N+](=O)[O-])c(C#N)c1)C1CC1. The summed E-state index contributed by atoms with van der Waals surface area (Å²) in [4.78, 5) is 12.4. The molecule has 88 valence electrons. The summed E-state index contributed by atoms with van der Waals surface area (Å²) in [5.74, 6) is 0. The van der Waals surface area contributed by atoms with Crippen LogP contribution in [0.4, 0.5) is 11.4 Å². The number of anilines is 1. The van der Waals surface area contributed by atoms with E-state index in [1.807, 2.05) is 13.0 Å². The summed E-state index contributed by atoms with van der Waals surface area (Å²) in [6.45, 7) is 2.90. The van der Waals surface area contributed by atoms with Gasteiger partial charge in [-0.1, -0.05) is 0 Å². The quantitative estimate of drug-likeness (QED) is 0.589. The van der Waals surface area contributed by atoms with E-state index in [-0.39, 0.29) is 11.3 Å². The summed E-state index contributed by atoms with van der Waals surface area (Å²) < 4.78 is 0. The van der Waals surface area contributed by atoms with Crippen molar-refractivity contribution in [3.05, 3.63) is 33.9 Å². The van der Waals surface area contributed by atoms with Crippen LogP contribution in [0.2, 0.25) is 0 Å². The first-order valence-electron chi connectivity index (χ1n) is 5.62. The lowest BCUT2D eigenvalue weighted by atomic mass is 10.1. The molecule has 2 rings (SSSR count). The van der Waals surface area contributed by atoms with Gasteiger partial charge in [-0.2, -0.15) is 5.26 Å². The van der Waals surface area contributed by atoms with Gasteiger partial charge in [-0.05, 0) is 31.9 Å². The van der Waals surface area contributed by atoms with Gasteiger partial charge < -0.3 is 4.90 Å². The molecule has 5 nitrogen and oxygen atoms in total. The molecule has 0 heterocycles. The van der Waals surface area contributed by atoms with Crippen LogP contribution >= 0.6 is 0 Å². The van der Waals surface area contributed by atoms with Crippen LogP contribution in [0.15, 0.2) is 18.2 Å². The molecule has 1 aromatic rings. The first-order valence-corrected chi connectivity index (χ1v) is 5.62. The molecule has 1 aromatic carbocycles. The maximum atomic E-state index is 10.7. The van der Waals surface area contributed by atoms with E-state index in [1.165, 1.54) is 6.07 Å². The third kappa shape index (κ3) is 2.21. The van der Waals surface area contributed by atoms with Gasteiger partial charge in [-0.25, -0.2) is 0 Å².